The normalized spacial score (nSPS) is 14.7. The van der Waals surface area contributed by atoms with Crippen molar-refractivity contribution in [2.75, 3.05) is 12.8 Å². The number of fused-ring (bicyclic) bond motifs is 1. The van der Waals surface area contributed by atoms with Gasteiger partial charge in [0.2, 0.25) is 5.95 Å². The molecule has 0 saturated heterocycles. The molecule has 1 aromatic heterocycles. The number of hydrogen-bond donors (Lipinski definition) is 1. The third-order valence-corrected chi connectivity index (χ3v) is 3.80. The van der Waals surface area contributed by atoms with Gasteiger partial charge in [0.25, 0.3) is 0 Å². The molecule has 4 heteroatoms. The first-order valence-corrected chi connectivity index (χ1v) is 6.40. The van der Waals surface area contributed by atoms with Crippen LogP contribution in [0.1, 0.15) is 33.2 Å². The van der Waals surface area contributed by atoms with E-state index in [-0.39, 0.29) is 0 Å². The topological polar surface area (TPSA) is 53.1 Å². The first-order chi connectivity index (χ1) is 8.58. The lowest BCUT2D eigenvalue weighted by Crippen LogP contribution is -2.15. The average molecular weight is 247 g/mol. The van der Waals surface area contributed by atoms with Crippen molar-refractivity contribution in [3.63, 3.8) is 0 Å². The fraction of sp³-hybridized carbons (Fsp3) is 0.500. The summed E-state index contributed by atoms with van der Waals surface area (Å²) in [6, 6.07) is 6.18. The summed E-state index contributed by atoms with van der Waals surface area (Å²) in [7, 11) is 1.67. The summed E-state index contributed by atoms with van der Waals surface area (Å²) in [5.41, 5.74) is 8.01. The van der Waals surface area contributed by atoms with Gasteiger partial charge >= 0.3 is 0 Å². The predicted molar refractivity (Wildman–Crippen MR) is 74.9 cm³/mol. The third-order valence-electron chi connectivity index (χ3n) is 3.80. The second-order valence-electron chi connectivity index (χ2n) is 4.82. The van der Waals surface area contributed by atoms with E-state index in [0.29, 0.717) is 17.9 Å². The maximum absolute atomic E-state index is 6.05. The van der Waals surface area contributed by atoms with Crippen molar-refractivity contribution in [1.82, 2.24) is 9.55 Å². The van der Waals surface area contributed by atoms with Crippen LogP contribution in [0.2, 0.25) is 0 Å². The number of ether oxygens (including phenoxy) is 1. The SMILES string of the molecule is CCC(C)C(C)n1c(N)nc2ccc(OC)cc21. The van der Waals surface area contributed by atoms with E-state index in [9.17, 15) is 0 Å². The first kappa shape index (κ1) is 12.7. The highest BCUT2D eigenvalue weighted by Gasteiger charge is 2.18. The van der Waals surface area contributed by atoms with Gasteiger partial charge in [-0.05, 0) is 25.0 Å². The highest BCUT2D eigenvalue weighted by Crippen LogP contribution is 2.30. The molecule has 1 heterocycles. The van der Waals surface area contributed by atoms with E-state index >= 15 is 0 Å². The van der Waals surface area contributed by atoms with Crippen LogP contribution in [0.3, 0.4) is 0 Å². The molecule has 2 aromatic rings. The quantitative estimate of drug-likeness (QED) is 0.902. The summed E-state index contributed by atoms with van der Waals surface area (Å²) >= 11 is 0. The highest BCUT2D eigenvalue weighted by molar-refractivity contribution is 5.80. The summed E-state index contributed by atoms with van der Waals surface area (Å²) in [5.74, 6) is 1.96. The summed E-state index contributed by atoms with van der Waals surface area (Å²) in [4.78, 5) is 4.41. The molecule has 2 atom stereocenters. The van der Waals surface area contributed by atoms with E-state index in [1.165, 1.54) is 0 Å². The van der Waals surface area contributed by atoms with Crippen molar-refractivity contribution >= 4 is 17.0 Å². The fourth-order valence-corrected chi connectivity index (χ4v) is 2.24. The smallest absolute Gasteiger partial charge is 0.201 e. The molecule has 0 amide bonds. The molecule has 2 unspecified atom stereocenters. The van der Waals surface area contributed by atoms with Crippen LogP contribution in [0.25, 0.3) is 11.0 Å². The van der Waals surface area contributed by atoms with Crippen LogP contribution in [-0.4, -0.2) is 16.7 Å². The van der Waals surface area contributed by atoms with Gasteiger partial charge in [-0.1, -0.05) is 20.3 Å². The molecule has 0 fully saturated rings. The zero-order valence-corrected chi connectivity index (χ0v) is 11.5. The number of nitrogens with zero attached hydrogens (tertiary/aromatic N) is 2. The van der Waals surface area contributed by atoms with E-state index in [0.717, 1.165) is 23.2 Å². The number of nitrogens with two attached hydrogens (primary N) is 1. The van der Waals surface area contributed by atoms with Gasteiger partial charge in [0, 0.05) is 12.1 Å². The van der Waals surface area contributed by atoms with E-state index < -0.39 is 0 Å². The Hall–Kier alpha value is -1.71. The van der Waals surface area contributed by atoms with Gasteiger partial charge in [-0.15, -0.1) is 0 Å². The molecule has 0 aliphatic carbocycles. The van der Waals surface area contributed by atoms with Gasteiger partial charge in [-0.25, -0.2) is 4.98 Å². The molecule has 1 aromatic carbocycles. The van der Waals surface area contributed by atoms with Gasteiger partial charge in [0.1, 0.15) is 5.75 Å². The zero-order valence-electron chi connectivity index (χ0n) is 11.5. The van der Waals surface area contributed by atoms with Crippen LogP contribution in [0.4, 0.5) is 5.95 Å². The second kappa shape index (κ2) is 4.88. The largest absolute Gasteiger partial charge is 0.497 e. The Kier molecular flexibility index (Phi) is 3.45. The molecule has 2 rings (SSSR count). The molecule has 0 spiro atoms. The second-order valence-corrected chi connectivity index (χ2v) is 4.82. The summed E-state index contributed by atoms with van der Waals surface area (Å²) in [6.45, 7) is 6.61. The molecule has 0 aliphatic heterocycles. The van der Waals surface area contributed by atoms with Crippen LogP contribution in [-0.2, 0) is 0 Å². The van der Waals surface area contributed by atoms with Crippen LogP contribution in [0, 0.1) is 5.92 Å². The minimum Gasteiger partial charge on any atom is -0.497 e. The lowest BCUT2D eigenvalue weighted by Gasteiger charge is -2.22. The number of methoxy groups -OCH3 is 1. The molecule has 0 bridgehead atoms. The van der Waals surface area contributed by atoms with Crippen molar-refractivity contribution in [2.24, 2.45) is 5.92 Å². The highest BCUT2D eigenvalue weighted by atomic mass is 16.5. The average Bonchev–Trinajstić information content (AvgIpc) is 2.71. The number of imidazole rings is 1. The molecule has 0 radical (unpaired) electrons. The summed E-state index contributed by atoms with van der Waals surface area (Å²) < 4.78 is 7.37. The van der Waals surface area contributed by atoms with Gasteiger partial charge in [0.15, 0.2) is 0 Å². The Labute approximate surface area is 108 Å². The van der Waals surface area contributed by atoms with Crippen molar-refractivity contribution in [3.8, 4) is 5.75 Å². The van der Waals surface area contributed by atoms with E-state index in [1.54, 1.807) is 7.11 Å². The number of anilines is 1. The maximum atomic E-state index is 6.05. The summed E-state index contributed by atoms with van der Waals surface area (Å²) in [5, 5.41) is 0. The van der Waals surface area contributed by atoms with Crippen LogP contribution >= 0.6 is 0 Å². The standard InChI is InChI=1S/C14H21N3O/c1-5-9(2)10(3)17-13-8-11(18-4)6-7-12(13)16-14(17)15/h6-10H,5H2,1-4H3,(H2,15,16). The monoisotopic (exact) mass is 247 g/mol. The Morgan fingerprint density at radius 3 is 2.72 bits per heavy atom. The van der Waals surface area contributed by atoms with Crippen LogP contribution in [0.15, 0.2) is 18.2 Å². The van der Waals surface area contributed by atoms with Crippen molar-refractivity contribution in [3.05, 3.63) is 18.2 Å². The minimum atomic E-state index is 0.326. The Morgan fingerprint density at radius 2 is 2.11 bits per heavy atom. The number of benzene rings is 1. The first-order valence-electron chi connectivity index (χ1n) is 6.40. The number of hydrogen-bond acceptors (Lipinski definition) is 3. The third kappa shape index (κ3) is 2.03. The predicted octanol–water partition coefficient (Wildman–Crippen LogP) is 3.23. The Morgan fingerprint density at radius 1 is 1.39 bits per heavy atom. The fourth-order valence-electron chi connectivity index (χ4n) is 2.24. The van der Waals surface area contributed by atoms with Gasteiger partial charge in [-0.2, -0.15) is 0 Å². The summed E-state index contributed by atoms with van der Waals surface area (Å²) in [6.07, 6.45) is 1.12. The molecule has 0 aliphatic rings. The lowest BCUT2D eigenvalue weighted by atomic mass is 10.0. The number of aromatic nitrogens is 2. The number of nitrogen functional groups attached to an aromatic ring is 1. The van der Waals surface area contributed by atoms with E-state index in [4.69, 9.17) is 10.5 Å². The van der Waals surface area contributed by atoms with Gasteiger partial charge < -0.3 is 15.0 Å². The van der Waals surface area contributed by atoms with Crippen molar-refractivity contribution < 1.29 is 4.74 Å². The van der Waals surface area contributed by atoms with Crippen LogP contribution < -0.4 is 10.5 Å². The molecular weight excluding hydrogens is 226 g/mol. The van der Waals surface area contributed by atoms with Gasteiger partial charge in [-0.3, -0.25) is 0 Å². The molecular formula is C14H21N3O. The number of rotatable bonds is 4. The van der Waals surface area contributed by atoms with Crippen molar-refractivity contribution in [1.29, 1.82) is 0 Å². The van der Waals surface area contributed by atoms with Gasteiger partial charge in [0.05, 0.1) is 18.1 Å². The van der Waals surface area contributed by atoms with E-state index in [2.05, 4.69) is 30.3 Å². The molecule has 0 saturated carbocycles. The van der Waals surface area contributed by atoms with Crippen LogP contribution in [0.5, 0.6) is 5.75 Å². The van der Waals surface area contributed by atoms with E-state index in [1.807, 2.05) is 18.2 Å². The minimum absolute atomic E-state index is 0.326. The molecule has 18 heavy (non-hydrogen) atoms. The maximum Gasteiger partial charge on any atom is 0.201 e. The molecule has 4 nitrogen and oxygen atoms in total. The zero-order chi connectivity index (χ0) is 13.3. The van der Waals surface area contributed by atoms with Crippen molar-refractivity contribution in [2.45, 2.75) is 33.2 Å². The molecule has 98 valence electrons. The Bertz CT molecular complexity index is 547. The molecule has 2 N–H and O–H groups in total. The Balaban J connectivity index is 2.57. The lowest BCUT2D eigenvalue weighted by molar-refractivity contribution is 0.380.